The normalized spacial score (nSPS) is 13.1. The molecular formula is C17H22N2O2. The van der Waals surface area contributed by atoms with Crippen molar-refractivity contribution in [2.45, 2.75) is 27.7 Å². The molecule has 0 saturated carbocycles. The van der Waals surface area contributed by atoms with Gasteiger partial charge in [-0.15, -0.1) is 0 Å². The van der Waals surface area contributed by atoms with E-state index in [0.717, 1.165) is 12.4 Å². The molecule has 0 fully saturated rings. The zero-order valence-electron chi connectivity index (χ0n) is 13.0. The molecule has 0 amide bonds. The minimum atomic E-state index is -0.926. The van der Waals surface area contributed by atoms with Gasteiger partial charge in [-0.1, -0.05) is 33.8 Å². The van der Waals surface area contributed by atoms with Crippen LogP contribution in [0.2, 0.25) is 0 Å². The molecule has 2 N–H and O–H groups in total. The first-order chi connectivity index (χ1) is 9.79. The second-order valence-corrected chi connectivity index (χ2v) is 6.52. The molecule has 0 bridgehead atoms. The predicted octanol–water partition coefficient (Wildman–Crippen LogP) is 4.03. The maximum atomic E-state index is 11.2. The van der Waals surface area contributed by atoms with Gasteiger partial charge in [0.1, 0.15) is 5.82 Å². The molecule has 1 aromatic carbocycles. The Morgan fingerprint density at radius 3 is 2.62 bits per heavy atom. The number of hydrogen-bond acceptors (Lipinski definition) is 3. The molecule has 4 nitrogen and oxygen atoms in total. The fourth-order valence-electron chi connectivity index (χ4n) is 2.00. The van der Waals surface area contributed by atoms with Gasteiger partial charge in [0.15, 0.2) is 0 Å². The lowest BCUT2D eigenvalue weighted by atomic mass is 9.82. The number of carboxylic acid groups (broad SMARTS) is 1. The topological polar surface area (TPSA) is 62.2 Å². The number of carboxylic acids is 1. The standard InChI is InChI=1S/C17H22N2O2/c1-11(17(2,3)4)10-18-15-9-8-12-13(16(20)21)6-5-7-14(12)19-15/h5-9,11H,10H2,1-4H3,(H,18,19)(H,20,21). The van der Waals surface area contributed by atoms with Gasteiger partial charge in [-0.05, 0) is 35.6 Å². The van der Waals surface area contributed by atoms with Crippen LogP contribution in [0.15, 0.2) is 30.3 Å². The number of hydrogen-bond donors (Lipinski definition) is 2. The summed E-state index contributed by atoms with van der Waals surface area (Å²) in [6.45, 7) is 9.68. The second kappa shape index (κ2) is 5.72. The minimum Gasteiger partial charge on any atom is -0.478 e. The summed E-state index contributed by atoms with van der Waals surface area (Å²) < 4.78 is 0. The van der Waals surface area contributed by atoms with Gasteiger partial charge in [0, 0.05) is 11.9 Å². The number of nitrogens with one attached hydrogen (secondary N) is 1. The van der Waals surface area contributed by atoms with E-state index < -0.39 is 5.97 Å². The Labute approximate surface area is 125 Å². The number of aromatic carboxylic acids is 1. The first-order valence-electron chi connectivity index (χ1n) is 7.16. The lowest BCUT2D eigenvalue weighted by Crippen LogP contribution is -2.25. The Morgan fingerprint density at radius 2 is 2.00 bits per heavy atom. The molecule has 0 aliphatic carbocycles. The number of aromatic nitrogens is 1. The third-order valence-electron chi connectivity index (χ3n) is 4.03. The molecule has 0 spiro atoms. The summed E-state index contributed by atoms with van der Waals surface area (Å²) in [6.07, 6.45) is 0. The third-order valence-corrected chi connectivity index (χ3v) is 4.03. The Kier molecular flexibility index (Phi) is 4.16. The molecule has 112 valence electrons. The highest BCUT2D eigenvalue weighted by Gasteiger charge is 2.19. The van der Waals surface area contributed by atoms with Crippen LogP contribution in [0.3, 0.4) is 0 Å². The van der Waals surface area contributed by atoms with Crippen LogP contribution < -0.4 is 5.32 Å². The van der Waals surface area contributed by atoms with Crippen molar-refractivity contribution in [1.29, 1.82) is 0 Å². The van der Waals surface area contributed by atoms with Crippen molar-refractivity contribution >= 4 is 22.7 Å². The number of pyridine rings is 1. The van der Waals surface area contributed by atoms with Crippen LogP contribution in [0.25, 0.3) is 10.9 Å². The summed E-state index contributed by atoms with van der Waals surface area (Å²) >= 11 is 0. The number of rotatable bonds is 4. The van der Waals surface area contributed by atoms with Crippen molar-refractivity contribution in [3.63, 3.8) is 0 Å². The second-order valence-electron chi connectivity index (χ2n) is 6.52. The average molecular weight is 286 g/mol. The first-order valence-corrected chi connectivity index (χ1v) is 7.16. The maximum Gasteiger partial charge on any atom is 0.336 e. The van der Waals surface area contributed by atoms with E-state index in [1.54, 1.807) is 12.1 Å². The van der Waals surface area contributed by atoms with E-state index in [2.05, 4.69) is 38.0 Å². The summed E-state index contributed by atoms with van der Waals surface area (Å²) in [6, 6.07) is 8.81. The van der Waals surface area contributed by atoms with Crippen molar-refractivity contribution in [3.05, 3.63) is 35.9 Å². The van der Waals surface area contributed by atoms with Crippen LogP contribution in [0, 0.1) is 11.3 Å². The van der Waals surface area contributed by atoms with Gasteiger partial charge in [0.25, 0.3) is 0 Å². The molecule has 1 atom stereocenters. The van der Waals surface area contributed by atoms with Gasteiger partial charge in [-0.2, -0.15) is 0 Å². The number of nitrogens with zero attached hydrogens (tertiary/aromatic N) is 1. The van der Waals surface area contributed by atoms with E-state index in [4.69, 9.17) is 0 Å². The Bertz CT molecular complexity index is 659. The van der Waals surface area contributed by atoms with Gasteiger partial charge in [0.05, 0.1) is 11.1 Å². The zero-order valence-corrected chi connectivity index (χ0v) is 13.0. The Morgan fingerprint density at radius 1 is 1.29 bits per heavy atom. The van der Waals surface area contributed by atoms with Crippen molar-refractivity contribution in [3.8, 4) is 0 Å². The highest BCUT2D eigenvalue weighted by atomic mass is 16.4. The number of carbonyl (C=O) groups is 1. The molecule has 21 heavy (non-hydrogen) atoms. The molecule has 2 aromatic rings. The van der Waals surface area contributed by atoms with Crippen LogP contribution in [-0.4, -0.2) is 22.6 Å². The number of benzene rings is 1. The molecule has 0 aliphatic heterocycles. The third kappa shape index (κ3) is 3.51. The molecule has 4 heteroatoms. The smallest absolute Gasteiger partial charge is 0.336 e. The molecular weight excluding hydrogens is 264 g/mol. The first kappa shape index (κ1) is 15.3. The van der Waals surface area contributed by atoms with Crippen LogP contribution >= 0.6 is 0 Å². The molecule has 0 radical (unpaired) electrons. The molecule has 2 rings (SSSR count). The summed E-state index contributed by atoms with van der Waals surface area (Å²) in [7, 11) is 0. The Balaban J connectivity index is 2.22. The monoisotopic (exact) mass is 286 g/mol. The number of fused-ring (bicyclic) bond motifs is 1. The van der Waals surface area contributed by atoms with Crippen molar-refractivity contribution < 1.29 is 9.90 Å². The van der Waals surface area contributed by atoms with E-state index in [1.807, 2.05) is 18.2 Å². The van der Waals surface area contributed by atoms with Gasteiger partial charge in [-0.25, -0.2) is 9.78 Å². The molecule has 1 unspecified atom stereocenters. The number of anilines is 1. The summed E-state index contributed by atoms with van der Waals surface area (Å²) in [5.74, 6) is 0.353. The van der Waals surface area contributed by atoms with E-state index in [0.29, 0.717) is 16.8 Å². The Hall–Kier alpha value is -2.10. The van der Waals surface area contributed by atoms with E-state index in [9.17, 15) is 9.90 Å². The lowest BCUT2D eigenvalue weighted by molar-refractivity contribution is 0.0699. The van der Waals surface area contributed by atoms with Crippen LogP contribution in [-0.2, 0) is 0 Å². The van der Waals surface area contributed by atoms with Crippen LogP contribution in [0.5, 0.6) is 0 Å². The van der Waals surface area contributed by atoms with Crippen molar-refractivity contribution in [2.24, 2.45) is 11.3 Å². The average Bonchev–Trinajstić information content (AvgIpc) is 2.42. The quantitative estimate of drug-likeness (QED) is 0.891. The lowest BCUT2D eigenvalue weighted by Gasteiger charge is -2.27. The highest BCUT2D eigenvalue weighted by Crippen LogP contribution is 2.26. The largest absolute Gasteiger partial charge is 0.478 e. The molecule has 0 aliphatic rings. The van der Waals surface area contributed by atoms with Gasteiger partial charge in [0.2, 0.25) is 0 Å². The maximum absolute atomic E-state index is 11.2. The molecule has 1 heterocycles. The van der Waals surface area contributed by atoms with Gasteiger partial charge in [-0.3, -0.25) is 0 Å². The summed E-state index contributed by atoms with van der Waals surface area (Å²) in [5.41, 5.74) is 1.22. The molecule has 1 aromatic heterocycles. The predicted molar refractivity (Wildman–Crippen MR) is 85.8 cm³/mol. The van der Waals surface area contributed by atoms with E-state index in [1.165, 1.54) is 0 Å². The summed E-state index contributed by atoms with van der Waals surface area (Å²) in [5, 5.41) is 13.2. The van der Waals surface area contributed by atoms with E-state index in [-0.39, 0.29) is 11.0 Å². The van der Waals surface area contributed by atoms with Crippen molar-refractivity contribution in [1.82, 2.24) is 4.98 Å². The van der Waals surface area contributed by atoms with Gasteiger partial charge >= 0.3 is 5.97 Å². The fraction of sp³-hybridized carbons (Fsp3) is 0.412. The van der Waals surface area contributed by atoms with Crippen molar-refractivity contribution in [2.75, 3.05) is 11.9 Å². The minimum absolute atomic E-state index is 0.236. The van der Waals surface area contributed by atoms with Crippen LogP contribution in [0.4, 0.5) is 5.82 Å². The highest BCUT2D eigenvalue weighted by molar-refractivity contribution is 6.02. The van der Waals surface area contributed by atoms with Crippen LogP contribution in [0.1, 0.15) is 38.1 Å². The SMILES string of the molecule is CC(CNc1ccc2c(C(=O)O)cccc2n1)C(C)(C)C. The molecule has 0 saturated heterocycles. The van der Waals surface area contributed by atoms with Gasteiger partial charge < -0.3 is 10.4 Å². The summed E-state index contributed by atoms with van der Waals surface area (Å²) in [4.78, 5) is 15.7. The van der Waals surface area contributed by atoms with E-state index >= 15 is 0 Å². The zero-order chi connectivity index (χ0) is 15.6. The fourth-order valence-corrected chi connectivity index (χ4v) is 2.00.